The number of hydrogen-bond donors (Lipinski definition) is 0. The molecule has 0 atom stereocenters. The Balaban J connectivity index is 4.76. The van der Waals surface area contributed by atoms with Crippen LogP contribution < -0.4 is 0 Å². The number of ether oxygens (including phenoxy) is 1. The van der Waals surface area contributed by atoms with E-state index in [2.05, 4.69) is 6.58 Å². The summed E-state index contributed by atoms with van der Waals surface area (Å²) >= 11 is 0. The van der Waals surface area contributed by atoms with Crippen LogP contribution in [0.4, 0.5) is 0 Å². The predicted molar refractivity (Wildman–Crippen MR) is 63.9 cm³/mol. The molecule has 0 aromatic carbocycles. The quantitative estimate of drug-likeness (QED) is 0.561. The third-order valence-electron chi connectivity index (χ3n) is 2.02. The van der Waals surface area contributed by atoms with E-state index in [1.807, 2.05) is 0 Å². The van der Waals surface area contributed by atoms with Gasteiger partial charge in [-0.3, -0.25) is 4.79 Å². The summed E-state index contributed by atoms with van der Waals surface area (Å²) in [6.07, 6.45) is 1.31. The van der Waals surface area contributed by atoms with Crippen LogP contribution in [-0.2, 0) is 19.4 Å². The van der Waals surface area contributed by atoms with Crippen molar-refractivity contribution in [2.45, 2.75) is 45.0 Å². The van der Waals surface area contributed by atoms with Crippen molar-refractivity contribution in [1.29, 1.82) is 0 Å². The molecule has 0 aromatic heterocycles. The highest BCUT2D eigenvalue weighted by molar-refractivity contribution is 7.93. The van der Waals surface area contributed by atoms with Crippen molar-refractivity contribution in [2.24, 2.45) is 0 Å². The molecule has 0 saturated heterocycles. The van der Waals surface area contributed by atoms with Crippen molar-refractivity contribution < 1.29 is 17.9 Å². The van der Waals surface area contributed by atoms with Crippen LogP contribution in [0.25, 0.3) is 0 Å². The van der Waals surface area contributed by atoms with Gasteiger partial charge in [0.25, 0.3) is 0 Å². The van der Waals surface area contributed by atoms with Crippen LogP contribution in [-0.4, -0.2) is 30.5 Å². The summed E-state index contributed by atoms with van der Waals surface area (Å²) in [6, 6.07) is 0. The Morgan fingerprint density at radius 3 is 2.00 bits per heavy atom. The number of carbonyl (C=O) groups is 1. The lowest BCUT2D eigenvalue weighted by Gasteiger charge is -2.23. The molecule has 0 rings (SSSR count). The number of rotatable bonds is 4. The average molecular weight is 248 g/mol. The fraction of sp³-hybridized carbons (Fsp3) is 0.727. The Labute approximate surface area is 97.6 Å². The van der Waals surface area contributed by atoms with Gasteiger partial charge in [0.15, 0.2) is 9.84 Å². The van der Waals surface area contributed by atoms with E-state index in [1.165, 1.54) is 19.9 Å². The Bertz CT molecular complexity index is 371. The van der Waals surface area contributed by atoms with Crippen molar-refractivity contribution in [3.63, 3.8) is 0 Å². The first kappa shape index (κ1) is 15.2. The van der Waals surface area contributed by atoms with E-state index in [0.717, 1.165) is 0 Å². The molecule has 0 bridgehead atoms. The van der Waals surface area contributed by atoms with Crippen LogP contribution in [0.2, 0.25) is 0 Å². The molecule has 0 radical (unpaired) electrons. The topological polar surface area (TPSA) is 60.4 Å². The standard InChI is InChI=1S/C11H20O4S/c1-7-11(5,6)16(13,14)8-9(12)15-10(2,3)4/h7H,1,8H2,2-6H3. The lowest BCUT2D eigenvalue weighted by atomic mass is 10.2. The van der Waals surface area contributed by atoms with Crippen LogP contribution in [0.1, 0.15) is 34.6 Å². The molecule has 0 heterocycles. The molecule has 0 aliphatic rings. The largest absolute Gasteiger partial charge is 0.459 e. The summed E-state index contributed by atoms with van der Waals surface area (Å²) in [5, 5.41) is 0. The van der Waals surface area contributed by atoms with Crippen molar-refractivity contribution in [1.82, 2.24) is 0 Å². The van der Waals surface area contributed by atoms with Gasteiger partial charge in [0.1, 0.15) is 11.4 Å². The summed E-state index contributed by atoms with van der Waals surface area (Å²) in [6.45, 7) is 11.5. The monoisotopic (exact) mass is 248 g/mol. The molecule has 0 amide bonds. The van der Waals surface area contributed by atoms with E-state index in [1.54, 1.807) is 20.8 Å². The molecular formula is C11H20O4S. The first-order chi connectivity index (χ1) is 6.91. The number of sulfone groups is 1. The van der Waals surface area contributed by atoms with Gasteiger partial charge in [0.2, 0.25) is 0 Å². The van der Waals surface area contributed by atoms with Gasteiger partial charge in [0, 0.05) is 0 Å². The van der Waals surface area contributed by atoms with Crippen LogP contribution in [0, 0.1) is 0 Å². The first-order valence-corrected chi connectivity index (χ1v) is 6.64. The zero-order valence-electron chi connectivity index (χ0n) is 10.5. The van der Waals surface area contributed by atoms with Crippen LogP contribution >= 0.6 is 0 Å². The molecule has 0 spiro atoms. The molecular weight excluding hydrogens is 228 g/mol. The van der Waals surface area contributed by atoms with Crippen molar-refractivity contribution in [3.05, 3.63) is 12.7 Å². The van der Waals surface area contributed by atoms with Gasteiger partial charge < -0.3 is 4.74 Å². The van der Waals surface area contributed by atoms with E-state index in [0.29, 0.717) is 0 Å². The minimum atomic E-state index is -3.57. The maximum absolute atomic E-state index is 11.8. The van der Waals surface area contributed by atoms with Crippen LogP contribution in [0.5, 0.6) is 0 Å². The molecule has 0 saturated carbocycles. The highest BCUT2D eigenvalue weighted by Gasteiger charge is 2.34. The number of hydrogen-bond acceptors (Lipinski definition) is 4. The maximum atomic E-state index is 11.8. The molecule has 16 heavy (non-hydrogen) atoms. The molecule has 94 valence electrons. The second kappa shape index (κ2) is 4.57. The summed E-state index contributed by atoms with van der Waals surface area (Å²) in [5.74, 6) is -1.36. The van der Waals surface area contributed by atoms with Gasteiger partial charge in [0.05, 0.1) is 4.75 Å². The van der Waals surface area contributed by atoms with Gasteiger partial charge in [-0.2, -0.15) is 0 Å². The Morgan fingerprint density at radius 1 is 1.25 bits per heavy atom. The van der Waals surface area contributed by atoms with Crippen LogP contribution in [0.3, 0.4) is 0 Å². The van der Waals surface area contributed by atoms with Gasteiger partial charge >= 0.3 is 5.97 Å². The predicted octanol–water partition coefficient (Wildman–Crippen LogP) is 1.71. The molecule has 0 unspecified atom stereocenters. The summed E-state index contributed by atoms with van der Waals surface area (Å²) in [7, 11) is -3.57. The SMILES string of the molecule is C=CC(C)(C)S(=O)(=O)CC(=O)OC(C)(C)C. The molecule has 0 N–H and O–H groups in total. The van der Waals surface area contributed by atoms with E-state index >= 15 is 0 Å². The first-order valence-electron chi connectivity index (χ1n) is 4.99. The fourth-order valence-electron chi connectivity index (χ4n) is 0.839. The third-order valence-corrected chi connectivity index (χ3v) is 4.41. The Hall–Kier alpha value is -0.840. The minimum Gasteiger partial charge on any atom is -0.459 e. The van der Waals surface area contributed by atoms with Gasteiger partial charge in [-0.1, -0.05) is 6.08 Å². The lowest BCUT2D eigenvalue weighted by molar-refractivity contribution is -0.151. The van der Waals surface area contributed by atoms with Crippen molar-refractivity contribution in [2.75, 3.05) is 5.75 Å². The molecule has 0 aliphatic heterocycles. The summed E-state index contributed by atoms with van der Waals surface area (Å²) < 4.78 is 27.5. The zero-order chi connectivity index (χ0) is 13.2. The fourth-order valence-corrected chi connectivity index (χ4v) is 1.83. The van der Waals surface area contributed by atoms with Gasteiger partial charge in [-0.25, -0.2) is 8.42 Å². The van der Waals surface area contributed by atoms with Gasteiger partial charge in [-0.05, 0) is 34.6 Å². The second-order valence-corrected chi connectivity index (χ2v) is 7.72. The summed E-state index contributed by atoms with van der Waals surface area (Å²) in [4.78, 5) is 11.4. The smallest absolute Gasteiger partial charge is 0.321 e. The van der Waals surface area contributed by atoms with E-state index in [4.69, 9.17) is 4.74 Å². The zero-order valence-corrected chi connectivity index (χ0v) is 11.3. The minimum absolute atomic E-state index is 0.622. The normalized spacial score (nSPS) is 13.3. The van der Waals surface area contributed by atoms with Gasteiger partial charge in [-0.15, -0.1) is 6.58 Å². The molecule has 0 aliphatic carbocycles. The molecule has 0 aromatic rings. The highest BCUT2D eigenvalue weighted by Crippen LogP contribution is 2.19. The van der Waals surface area contributed by atoms with Crippen LogP contribution in [0.15, 0.2) is 12.7 Å². The average Bonchev–Trinajstić information content (AvgIpc) is 1.98. The Kier molecular flexibility index (Phi) is 4.33. The van der Waals surface area contributed by atoms with Crippen molar-refractivity contribution in [3.8, 4) is 0 Å². The second-order valence-electron chi connectivity index (χ2n) is 5.15. The van der Waals surface area contributed by atoms with E-state index in [9.17, 15) is 13.2 Å². The third kappa shape index (κ3) is 4.35. The number of esters is 1. The molecule has 5 heteroatoms. The lowest BCUT2D eigenvalue weighted by Crippen LogP contribution is -2.37. The maximum Gasteiger partial charge on any atom is 0.321 e. The van der Waals surface area contributed by atoms with Crippen molar-refractivity contribution >= 4 is 15.8 Å². The number of carbonyl (C=O) groups excluding carboxylic acids is 1. The van der Waals surface area contributed by atoms with E-state index < -0.39 is 31.9 Å². The van der Waals surface area contributed by atoms with E-state index in [-0.39, 0.29) is 0 Å². The molecule has 0 fully saturated rings. The summed E-state index contributed by atoms with van der Waals surface area (Å²) in [5.41, 5.74) is -0.676. The molecule has 4 nitrogen and oxygen atoms in total. The highest BCUT2D eigenvalue weighted by atomic mass is 32.2. The Morgan fingerprint density at radius 2 is 1.69 bits per heavy atom.